The molecule has 1 aromatic heterocycles. The van der Waals surface area contributed by atoms with Crippen LogP contribution in [0.25, 0.3) is 0 Å². The van der Waals surface area contributed by atoms with E-state index >= 15 is 0 Å². The number of rotatable bonds is 8. The predicted octanol–water partition coefficient (Wildman–Crippen LogP) is 2.63. The van der Waals surface area contributed by atoms with E-state index in [4.69, 9.17) is 4.74 Å². The Bertz CT molecular complexity index is 908. The van der Waals surface area contributed by atoms with Gasteiger partial charge in [-0.1, -0.05) is 26.0 Å². The molecule has 1 aromatic carbocycles. The highest BCUT2D eigenvalue weighted by atomic mass is 16.5. The molecule has 0 spiro atoms. The number of ether oxygens (including phenoxy) is 1. The molecule has 32 heavy (non-hydrogen) atoms. The smallest absolute Gasteiger partial charge is 0.255 e. The van der Waals surface area contributed by atoms with Crippen molar-refractivity contribution in [2.75, 3.05) is 50.1 Å². The summed E-state index contributed by atoms with van der Waals surface area (Å²) >= 11 is 0. The number of aromatic nitrogens is 1. The molecular formula is C24H33N5O3. The van der Waals surface area contributed by atoms with Crippen molar-refractivity contribution in [1.29, 1.82) is 0 Å². The Balaban J connectivity index is 1.64. The highest BCUT2D eigenvalue weighted by Crippen LogP contribution is 2.19. The van der Waals surface area contributed by atoms with Crippen LogP contribution in [0.1, 0.15) is 31.1 Å². The Morgan fingerprint density at radius 3 is 2.44 bits per heavy atom. The second-order valence-electron chi connectivity index (χ2n) is 8.31. The van der Waals surface area contributed by atoms with Crippen LogP contribution >= 0.6 is 0 Å². The van der Waals surface area contributed by atoms with Crippen LogP contribution in [0.2, 0.25) is 0 Å². The Labute approximate surface area is 190 Å². The van der Waals surface area contributed by atoms with Gasteiger partial charge in [0.25, 0.3) is 5.91 Å². The Kier molecular flexibility index (Phi) is 8.05. The number of benzene rings is 1. The zero-order valence-electron chi connectivity index (χ0n) is 19.3. The quantitative estimate of drug-likeness (QED) is 0.658. The molecule has 1 saturated heterocycles. The van der Waals surface area contributed by atoms with Crippen molar-refractivity contribution in [3.8, 4) is 5.75 Å². The van der Waals surface area contributed by atoms with Crippen LogP contribution in [-0.2, 0) is 4.79 Å². The van der Waals surface area contributed by atoms with Gasteiger partial charge in [-0.15, -0.1) is 0 Å². The van der Waals surface area contributed by atoms with E-state index in [0.29, 0.717) is 23.6 Å². The molecule has 2 amide bonds. The van der Waals surface area contributed by atoms with Gasteiger partial charge in [0.05, 0.1) is 24.1 Å². The van der Waals surface area contributed by atoms with E-state index in [1.165, 1.54) is 0 Å². The first-order chi connectivity index (χ1) is 15.4. The summed E-state index contributed by atoms with van der Waals surface area (Å²) in [6.45, 7) is 9.98. The van der Waals surface area contributed by atoms with Crippen molar-refractivity contribution in [3.63, 3.8) is 0 Å². The lowest BCUT2D eigenvalue weighted by Gasteiger charge is -2.33. The maximum atomic E-state index is 13.0. The normalized spacial score (nSPS) is 15.3. The van der Waals surface area contributed by atoms with Gasteiger partial charge in [0.15, 0.2) is 0 Å². The number of anilines is 2. The number of para-hydroxylation sites is 1. The topological polar surface area (TPSA) is 86.8 Å². The van der Waals surface area contributed by atoms with Gasteiger partial charge in [0.1, 0.15) is 17.6 Å². The summed E-state index contributed by atoms with van der Waals surface area (Å²) in [7, 11) is 2.11. The SMILES string of the molecule is CCOc1ccccc1C(=O)N[C@@H](C(=O)Nc1ccc(N2CCN(C)CC2)nc1)C(C)C. The highest BCUT2D eigenvalue weighted by molar-refractivity contribution is 6.02. The molecule has 0 aliphatic carbocycles. The molecule has 0 unspecified atom stereocenters. The third-order valence-electron chi connectivity index (χ3n) is 5.51. The fourth-order valence-electron chi connectivity index (χ4n) is 3.59. The van der Waals surface area contributed by atoms with Gasteiger partial charge in [-0.2, -0.15) is 0 Å². The molecule has 8 nitrogen and oxygen atoms in total. The number of carbonyl (C=O) groups excluding carboxylic acids is 2. The molecule has 0 bridgehead atoms. The van der Waals surface area contributed by atoms with Crippen molar-refractivity contribution in [2.24, 2.45) is 5.92 Å². The minimum atomic E-state index is -0.700. The van der Waals surface area contributed by atoms with Gasteiger partial charge >= 0.3 is 0 Å². The standard InChI is InChI=1S/C24H33N5O3/c1-5-32-20-9-7-6-8-19(20)23(30)27-22(17(2)3)24(31)26-18-10-11-21(25-16-18)29-14-12-28(4)13-15-29/h6-11,16-17,22H,5,12-15H2,1-4H3,(H,26,31)(H,27,30)/t22-/m1/s1. The first-order valence-corrected chi connectivity index (χ1v) is 11.1. The van der Waals surface area contributed by atoms with Gasteiger partial charge in [0.2, 0.25) is 5.91 Å². The van der Waals surface area contributed by atoms with Gasteiger partial charge in [0, 0.05) is 26.2 Å². The van der Waals surface area contributed by atoms with Gasteiger partial charge in [-0.3, -0.25) is 9.59 Å². The zero-order chi connectivity index (χ0) is 23.1. The van der Waals surface area contributed by atoms with E-state index in [1.807, 2.05) is 39.0 Å². The lowest BCUT2D eigenvalue weighted by molar-refractivity contribution is -0.118. The molecule has 2 heterocycles. The summed E-state index contributed by atoms with van der Waals surface area (Å²) in [5, 5.41) is 5.74. The van der Waals surface area contributed by atoms with Gasteiger partial charge in [-0.05, 0) is 44.2 Å². The van der Waals surface area contributed by atoms with Crippen LogP contribution in [0.3, 0.4) is 0 Å². The van der Waals surface area contributed by atoms with E-state index in [1.54, 1.807) is 24.4 Å². The first-order valence-electron chi connectivity index (χ1n) is 11.1. The number of likely N-dealkylation sites (N-methyl/N-ethyl adjacent to an activating group) is 1. The predicted molar refractivity (Wildman–Crippen MR) is 126 cm³/mol. The molecule has 1 fully saturated rings. The third kappa shape index (κ3) is 5.97. The number of pyridine rings is 1. The third-order valence-corrected chi connectivity index (χ3v) is 5.51. The number of nitrogens with zero attached hydrogens (tertiary/aromatic N) is 3. The van der Waals surface area contributed by atoms with Crippen LogP contribution in [0, 0.1) is 5.92 Å². The molecule has 0 saturated carbocycles. The average molecular weight is 440 g/mol. The van der Waals surface area contributed by atoms with Gasteiger partial charge < -0.3 is 25.2 Å². The minimum Gasteiger partial charge on any atom is -0.493 e. The highest BCUT2D eigenvalue weighted by Gasteiger charge is 2.26. The minimum absolute atomic E-state index is 0.101. The molecule has 1 atom stereocenters. The number of hydrogen-bond donors (Lipinski definition) is 2. The maximum Gasteiger partial charge on any atom is 0.255 e. The molecule has 172 valence electrons. The van der Waals surface area contributed by atoms with E-state index < -0.39 is 6.04 Å². The van der Waals surface area contributed by atoms with E-state index in [0.717, 1.165) is 32.0 Å². The molecule has 0 radical (unpaired) electrons. The van der Waals surface area contributed by atoms with Gasteiger partial charge in [-0.25, -0.2) is 4.98 Å². The number of nitrogens with one attached hydrogen (secondary N) is 2. The summed E-state index contributed by atoms with van der Waals surface area (Å²) < 4.78 is 5.55. The molecular weight excluding hydrogens is 406 g/mol. The first kappa shape index (κ1) is 23.5. The lowest BCUT2D eigenvalue weighted by atomic mass is 10.0. The molecule has 8 heteroatoms. The van der Waals surface area contributed by atoms with Crippen LogP contribution in [-0.4, -0.2) is 67.6 Å². The van der Waals surface area contributed by atoms with E-state index in [9.17, 15) is 9.59 Å². The molecule has 1 aliphatic heterocycles. The van der Waals surface area contributed by atoms with E-state index in [2.05, 4.69) is 32.5 Å². The van der Waals surface area contributed by atoms with Crippen molar-refractivity contribution in [2.45, 2.75) is 26.8 Å². The second-order valence-corrected chi connectivity index (χ2v) is 8.31. The summed E-state index contributed by atoms with van der Waals surface area (Å²) in [6, 6.07) is 10.1. The summed E-state index contributed by atoms with van der Waals surface area (Å²) in [5.41, 5.74) is 1.01. The number of carbonyl (C=O) groups is 2. The van der Waals surface area contributed by atoms with Crippen LogP contribution in [0.4, 0.5) is 11.5 Å². The Morgan fingerprint density at radius 2 is 1.81 bits per heavy atom. The monoisotopic (exact) mass is 439 g/mol. The zero-order valence-corrected chi connectivity index (χ0v) is 19.3. The fourth-order valence-corrected chi connectivity index (χ4v) is 3.59. The van der Waals surface area contributed by atoms with Crippen molar-refractivity contribution < 1.29 is 14.3 Å². The number of hydrogen-bond acceptors (Lipinski definition) is 6. The van der Waals surface area contributed by atoms with Crippen molar-refractivity contribution in [3.05, 3.63) is 48.2 Å². The largest absolute Gasteiger partial charge is 0.493 e. The number of piperazine rings is 1. The van der Waals surface area contributed by atoms with Crippen LogP contribution < -0.4 is 20.3 Å². The van der Waals surface area contributed by atoms with E-state index in [-0.39, 0.29) is 17.7 Å². The molecule has 3 rings (SSSR count). The fraction of sp³-hybridized carbons (Fsp3) is 0.458. The lowest BCUT2D eigenvalue weighted by Crippen LogP contribution is -2.47. The number of amides is 2. The molecule has 2 aromatic rings. The second kappa shape index (κ2) is 10.9. The summed E-state index contributed by atoms with van der Waals surface area (Å²) in [6.07, 6.45) is 1.66. The van der Waals surface area contributed by atoms with Crippen molar-refractivity contribution >= 4 is 23.3 Å². The molecule has 2 N–H and O–H groups in total. The average Bonchev–Trinajstić information content (AvgIpc) is 2.78. The Hall–Kier alpha value is -3.13. The maximum absolute atomic E-state index is 13.0. The van der Waals surface area contributed by atoms with Crippen LogP contribution in [0.15, 0.2) is 42.6 Å². The summed E-state index contributed by atoms with van der Waals surface area (Å²) in [5.74, 6) is 0.676. The molecule has 1 aliphatic rings. The van der Waals surface area contributed by atoms with Crippen LogP contribution in [0.5, 0.6) is 5.75 Å². The Morgan fingerprint density at radius 1 is 1.09 bits per heavy atom. The summed E-state index contributed by atoms with van der Waals surface area (Å²) in [4.78, 5) is 34.9. The van der Waals surface area contributed by atoms with Crippen molar-refractivity contribution in [1.82, 2.24) is 15.2 Å².